The molecule has 0 bridgehead atoms. The number of hydrogen-bond acceptors (Lipinski definition) is 4. The summed E-state index contributed by atoms with van der Waals surface area (Å²) in [7, 11) is 0. The van der Waals surface area contributed by atoms with Crippen LogP contribution in [0.4, 0.5) is 0 Å². The summed E-state index contributed by atoms with van der Waals surface area (Å²) in [5, 5.41) is 19.1. The highest BCUT2D eigenvalue weighted by Gasteiger charge is 2.07. The normalized spacial score (nSPS) is 11.3. The van der Waals surface area contributed by atoms with Crippen LogP contribution in [0.15, 0.2) is 34.6 Å². The number of nitrogens with zero attached hydrogens (tertiary/aromatic N) is 2. The predicted octanol–water partition coefficient (Wildman–Crippen LogP) is 3.63. The Morgan fingerprint density at radius 3 is 2.56 bits per heavy atom. The first-order valence-electron chi connectivity index (χ1n) is 8.28. The second kappa shape index (κ2) is 11.4. The first kappa shape index (κ1) is 21.9. The molecule has 2 rings (SSSR count). The summed E-state index contributed by atoms with van der Waals surface area (Å²) in [4.78, 5) is 9.24. The maximum absolute atomic E-state index is 9.40. The third-order valence-electron chi connectivity index (χ3n) is 3.61. The molecule has 1 heterocycles. The molecule has 2 aromatic rings. The van der Waals surface area contributed by atoms with E-state index in [0.29, 0.717) is 19.0 Å². The summed E-state index contributed by atoms with van der Waals surface area (Å²) in [5.74, 6) is 1.21. The van der Waals surface area contributed by atoms with E-state index in [0.717, 1.165) is 34.3 Å². The lowest BCUT2D eigenvalue weighted by Crippen LogP contribution is -2.36. The number of rotatable bonds is 7. The van der Waals surface area contributed by atoms with E-state index in [1.165, 1.54) is 0 Å². The summed E-state index contributed by atoms with van der Waals surface area (Å²) in [6.07, 6.45) is 0. The monoisotopic (exact) mass is 474 g/mol. The summed E-state index contributed by atoms with van der Waals surface area (Å²) in [5.41, 5.74) is 3.09. The van der Waals surface area contributed by atoms with Crippen molar-refractivity contribution in [2.24, 2.45) is 4.99 Å². The number of aliphatic hydroxyl groups excluding tert-OH is 1. The molecule has 5 nitrogen and oxygen atoms in total. The Balaban J connectivity index is 0.00000312. The molecule has 0 unspecified atom stereocenters. The van der Waals surface area contributed by atoms with Gasteiger partial charge in [-0.15, -0.1) is 35.3 Å². The highest BCUT2D eigenvalue weighted by Crippen LogP contribution is 2.17. The molecule has 1 aromatic heterocycles. The molecule has 0 aliphatic heterocycles. The Kier molecular flexibility index (Phi) is 9.99. The van der Waals surface area contributed by atoms with Crippen LogP contribution in [0.2, 0.25) is 0 Å². The first-order chi connectivity index (χ1) is 11.6. The quantitative estimate of drug-likeness (QED) is 0.326. The number of benzene rings is 1. The van der Waals surface area contributed by atoms with Crippen LogP contribution in [0.1, 0.15) is 48.5 Å². The fourth-order valence-electron chi connectivity index (χ4n) is 2.20. The van der Waals surface area contributed by atoms with E-state index in [2.05, 4.69) is 39.8 Å². The van der Waals surface area contributed by atoms with Crippen molar-refractivity contribution in [2.75, 3.05) is 6.54 Å². The number of thiazole rings is 1. The van der Waals surface area contributed by atoms with Crippen molar-refractivity contribution in [1.82, 2.24) is 15.6 Å². The average Bonchev–Trinajstić information content (AvgIpc) is 3.07. The Hall–Kier alpha value is -1.19. The fraction of sp³-hybridized carbons (Fsp3) is 0.444. The molecule has 0 saturated carbocycles. The van der Waals surface area contributed by atoms with Crippen molar-refractivity contribution >= 4 is 41.3 Å². The van der Waals surface area contributed by atoms with Gasteiger partial charge in [0.25, 0.3) is 0 Å². The molecule has 0 atom stereocenters. The van der Waals surface area contributed by atoms with Crippen molar-refractivity contribution in [2.45, 2.75) is 46.4 Å². The van der Waals surface area contributed by atoms with Crippen molar-refractivity contribution < 1.29 is 5.11 Å². The number of hydrogen-bond donors (Lipinski definition) is 3. The molecule has 0 aliphatic carbocycles. The third kappa shape index (κ3) is 6.91. The molecule has 7 heteroatoms. The van der Waals surface area contributed by atoms with Crippen LogP contribution in [-0.2, 0) is 19.7 Å². The van der Waals surface area contributed by atoms with Crippen molar-refractivity contribution in [3.05, 3.63) is 51.5 Å². The fourth-order valence-corrected chi connectivity index (χ4v) is 3.10. The molecule has 0 aliphatic rings. The van der Waals surface area contributed by atoms with Gasteiger partial charge >= 0.3 is 0 Å². The smallest absolute Gasteiger partial charge is 0.191 e. The molecule has 0 saturated heterocycles. The number of halogens is 1. The molecule has 0 radical (unpaired) electrons. The lowest BCUT2D eigenvalue weighted by atomic mass is 10.1. The standard InChI is InChI=1S/C18H26N4OS.HI/c1-4-19-18(20-9-14-7-5-6-8-15(14)11-23)21-10-17-22-16(12-24-17)13(2)3;/h5-8,12-13,23H,4,9-11H2,1-3H3,(H2,19,20,21);1H. The highest BCUT2D eigenvalue weighted by molar-refractivity contribution is 14.0. The lowest BCUT2D eigenvalue weighted by Gasteiger charge is -2.11. The van der Waals surface area contributed by atoms with Gasteiger partial charge in [-0.05, 0) is 24.0 Å². The Labute approximate surface area is 171 Å². The van der Waals surface area contributed by atoms with Crippen LogP contribution in [0.3, 0.4) is 0 Å². The average molecular weight is 474 g/mol. The second-order valence-corrected chi connectivity index (χ2v) is 6.74. The molecule has 3 N–H and O–H groups in total. The van der Waals surface area contributed by atoms with Gasteiger partial charge in [0.15, 0.2) is 5.96 Å². The highest BCUT2D eigenvalue weighted by atomic mass is 127. The van der Waals surface area contributed by atoms with Crippen LogP contribution < -0.4 is 10.6 Å². The third-order valence-corrected chi connectivity index (χ3v) is 4.48. The molecule has 0 amide bonds. The minimum Gasteiger partial charge on any atom is -0.392 e. The van der Waals surface area contributed by atoms with Gasteiger partial charge in [0.1, 0.15) is 5.01 Å². The maximum Gasteiger partial charge on any atom is 0.191 e. The molecule has 0 fully saturated rings. The molecular weight excluding hydrogens is 447 g/mol. The zero-order valence-corrected chi connectivity index (χ0v) is 18.1. The molecule has 0 spiro atoms. The van der Waals surface area contributed by atoms with Crippen LogP contribution in [0.25, 0.3) is 0 Å². The summed E-state index contributed by atoms with van der Waals surface area (Å²) < 4.78 is 0. The SMILES string of the molecule is CCNC(=NCc1ccccc1CO)NCc1nc(C(C)C)cs1.I. The van der Waals surface area contributed by atoms with E-state index in [1.54, 1.807) is 11.3 Å². The van der Waals surface area contributed by atoms with E-state index in [1.807, 2.05) is 31.2 Å². The van der Waals surface area contributed by atoms with Gasteiger partial charge in [-0.2, -0.15) is 0 Å². The summed E-state index contributed by atoms with van der Waals surface area (Å²) >= 11 is 1.67. The van der Waals surface area contributed by atoms with Gasteiger partial charge < -0.3 is 15.7 Å². The lowest BCUT2D eigenvalue weighted by molar-refractivity contribution is 0.280. The van der Waals surface area contributed by atoms with E-state index >= 15 is 0 Å². The molecule has 1 aromatic carbocycles. The van der Waals surface area contributed by atoms with Crippen LogP contribution in [0.5, 0.6) is 0 Å². The maximum atomic E-state index is 9.40. The zero-order valence-electron chi connectivity index (χ0n) is 15.0. The van der Waals surface area contributed by atoms with E-state index in [4.69, 9.17) is 0 Å². The number of nitrogens with one attached hydrogen (secondary N) is 2. The van der Waals surface area contributed by atoms with Crippen LogP contribution in [-0.4, -0.2) is 22.6 Å². The Morgan fingerprint density at radius 2 is 1.96 bits per heavy atom. The first-order valence-corrected chi connectivity index (χ1v) is 9.16. The minimum absolute atomic E-state index is 0. The topological polar surface area (TPSA) is 69.5 Å². The number of aliphatic hydroxyl groups is 1. The number of guanidine groups is 1. The van der Waals surface area contributed by atoms with Gasteiger partial charge in [0.05, 0.1) is 25.4 Å². The van der Waals surface area contributed by atoms with E-state index < -0.39 is 0 Å². The van der Waals surface area contributed by atoms with Gasteiger partial charge in [-0.1, -0.05) is 38.1 Å². The van der Waals surface area contributed by atoms with E-state index in [9.17, 15) is 5.11 Å². The second-order valence-electron chi connectivity index (χ2n) is 5.80. The Bertz CT molecular complexity index is 673. The van der Waals surface area contributed by atoms with Crippen LogP contribution in [0, 0.1) is 0 Å². The van der Waals surface area contributed by atoms with Crippen molar-refractivity contribution in [3.8, 4) is 0 Å². The summed E-state index contributed by atoms with van der Waals surface area (Å²) in [6, 6.07) is 7.81. The Morgan fingerprint density at radius 1 is 1.24 bits per heavy atom. The molecular formula is C18H27IN4OS. The zero-order chi connectivity index (χ0) is 17.4. The van der Waals surface area contributed by atoms with Gasteiger partial charge in [0.2, 0.25) is 0 Å². The minimum atomic E-state index is 0. The van der Waals surface area contributed by atoms with E-state index in [-0.39, 0.29) is 30.6 Å². The number of aromatic nitrogens is 1. The van der Waals surface area contributed by atoms with Crippen LogP contribution >= 0.6 is 35.3 Å². The molecule has 138 valence electrons. The van der Waals surface area contributed by atoms with Crippen molar-refractivity contribution in [1.29, 1.82) is 0 Å². The van der Waals surface area contributed by atoms with Gasteiger partial charge in [0, 0.05) is 11.9 Å². The predicted molar refractivity (Wildman–Crippen MR) is 116 cm³/mol. The summed E-state index contributed by atoms with van der Waals surface area (Å²) in [6.45, 7) is 8.35. The van der Waals surface area contributed by atoms with Gasteiger partial charge in [-0.25, -0.2) is 9.98 Å². The molecule has 25 heavy (non-hydrogen) atoms. The number of aliphatic imine (C=N–C) groups is 1. The van der Waals surface area contributed by atoms with Gasteiger partial charge in [-0.3, -0.25) is 0 Å². The largest absolute Gasteiger partial charge is 0.392 e. The van der Waals surface area contributed by atoms with Crippen molar-refractivity contribution in [3.63, 3.8) is 0 Å².